The van der Waals surface area contributed by atoms with Gasteiger partial charge in [-0.15, -0.1) is 0 Å². The number of nitrogens with one attached hydrogen (secondary N) is 2. The second-order valence-electron chi connectivity index (χ2n) is 6.67. The van der Waals surface area contributed by atoms with Crippen molar-refractivity contribution in [2.24, 2.45) is 0 Å². The van der Waals surface area contributed by atoms with E-state index in [2.05, 4.69) is 33.8 Å². The third-order valence-electron chi connectivity index (χ3n) is 3.25. The molecule has 124 valence electrons. The lowest BCUT2D eigenvalue weighted by Crippen LogP contribution is -2.42. The number of rotatable bonds is 5. The van der Waals surface area contributed by atoms with Crippen molar-refractivity contribution in [3.8, 4) is 0 Å². The van der Waals surface area contributed by atoms with E-state index >= 15 is 0 Å². The summed E-state index contributed by atoms with van der Waals surface area (Å²) < 4.78 is 5.24. The zero-order valence-corrected chi connectivity index (χ0v) is 14.2. The molecular formula is C18H25N3O2. The molecule has 1 atom stereocenters. The number of alkyl carbamates (subject to hydrolysis) is 1. The maximum absolute atomic E-state index is 11.7. The number of hydrogen-bond donors (Lipinski definition) is 2. The van der Waals surface area contributed by atoms with Gasteiger partial charge < -0.3 is 15.4 Å². The van der Waals surface area contributed by atoms with Crippen LogP contribution in [0.5, 0.6) is 0 Å². The standard InChI is InChI=1S/C18H25N3O2/c1-13(21-17(22)23-18(2,3)4)11-19-12-15-8-5-7-14-9-6-10-20-16(14)15/h5-10,13,19H,11-12H2,1-4H3,(H,21,22). The van der Waals surface area contributed by atoms with E-state index in [1.165, 1.54) is 0 Å². The first kappa shape index (κ1) is 17.2. The van der Waals surface area contributed by atoms with Crippen molar-refractivity contribution in [2.45, 2.75) is 45.9 Å². The topological polar surface area (TPSA) is 63.2 Å². The van der Waals surface area contributed by atoms with E-state index in [-0.39, 0.29) is 6.04 Å². The molecule has 0 aliphatic rings. The van der Waals surface area contributed by atoms with Gasteiger partial charge in [0.2, 0.25) is 0 Å². The zero-order chi connectivity index (χ0) is 16.9. The molecule has 5 nitrogen and oxygen atoms in total. The molecule has 23 heavy (non-hydrogen) atoms. The number of benzene rings is 1. The Hall–Kier alpha value is -2.14. The van der Waals surface area contributed by atoms with Crippen LogP contribution in [-0.4, -0.2) is 29.3 Å². The van der Waals surface area contributed by atoms with E-state index in [4.69, 9.17) is 4.74 Å². The van der Waals surface area contributed by atoms with E-state index in [0.717, 1.165) is 16.5 Å². The van der Waals surface area contributed by atoms with Gasteiger partial charge in [-0.1, -0.05) is 24.3 Å². The smallest absolute Gasteiger partial charge is 0.407 e. The summed E-state index contributed by atoms with van der Waals surface area (Å²) in [5.41, 5.74) is 1.68. The number of amides is 1. The second-order valence-corrected chi connectivity index (χ2v) is 6.67. The fraction of sp³-hybridized carbons (Fsp3) is 0.444. The lowest BCUT2D eigenvalue weighted by atomic mass is 10.1. The molecule has 1 aromatic carbocycles. The number of carbonyl (C=O) groups excluding carboxylic acids is 1. The van der Waals surface area contributed by atoms with Crippen LogP contribution in [0.25, 0.3) is 10.9 Å². The highest BCUT2D eigenvalue weighted by Crippen LogP contribution is 2.15. The van der Waals surface area contributed by atoms with Gasteiger partial charge in [0.15, 0.2) is 0 Å². The van der Waals surface area contributed by atoms with Crippen LogP contribution in [-0.2, 0) is 11.3 Å². The summed E-state index contributed by atoms with van der Waals surface area (Å²) in [6, 6.07) is 10.1. The zero-order valence-electron chi connectivity index (χ0n) is 14.2. The molecule has 1 heterocycles. The van der Waals surface area contributed by atoms with Crippen LogP contribution in [0.15, 0.2) is 36.5 Å². The molecule has 1 amide bonds. The van der Waals surface area contributed by atoms with Crippen LogP contribution < -0.4 is 10.6 Å². The number of fused-ring (bicyclic) bond motifs is 1. The van der Waals surface area contributed by atoms with Gasteiger partial charge in [0.05, 0.1) is 5.52 Å². The summed E-state index contributed by atoms with van der Waals surface area (Å²) in [6.07, 6.45) is 1.41. The quantitative estimate of drug-likeness (QED) is 0.889. The number of pyridine rings is 1. The molecule has 0 bridgehead atoms. The summed E-state index contributed by atoms with van der Waals surface area (Å²) in [7, 11) is 0. The number of hydrogen-bond acceptors (Lipinski definition) is 4. The first-order valence-electron chi connectivity index (χ1n) is 7.88. The number of ether oxygens (including phenoxy) is 1. The normalized spacial score (nSPS) is 12.9. The predicted octanol–water partition coefficient (Wildman–Crippen LogP) is 3.24. The van der Waals surface area contributed by atoms with E-state index < -0.39 is 11.7 Å². The first-order chi connectivity index (χ1) is 10.8. The number of aromatic nitrogens is 1. The molecule has 0 saturated carbocycles. The third kappa shape index (κ3) is 5.53. The van der Waals surface area contributed by atoms with E-state index in [1.807, 2.05) is 39.8 Å². The Kier molecular flexibility index (Phi) is 5.55. The SMILES string of the molecule is CC(CNCc1cccc2cccnc12)NC(=O)OC(C)(C)C. The largest absolute Gasteiger partial charge is 0.444 e. The molecule has 0 spiro atoms. The van der Waals surface area contributed by atoms with Gasteiger partial charge in [-0.05, 0) is 39.3 Å². The fourth-order valence-corrected chi connectivity index (χ4v) is 2.29. The van der Waals surface area contributed by atoms with Crippen molar-refractivity contribution >= 4 is 17.0 Å². The lowest BCUT2D eigenvalue weighted by Gasteiger charge is -2.22. The summed E-state index contributed by atoms with van der Waals surface area (Å²) in [5, 5.41) is 7.30. The van der Waals surface area contributed by atoms with Crippen molar-refractivity contribution in [3.63, 3.8) is 0 Å². The third-order valence-corrected chi connectivity index (χ3v) is 3.25. The van der Waals surface area contributed by atoms with Gasteiger partial charge in [0.25, 0.3) is 0 Å². The Bertz CT molecular complexity index is 659. The Morgan fingerprint density at radius 2 is 2.00 bits per heavy atom. The van der Waals surface area contributed by atoms with Crippen LogP contribution >= 0.6 is 0 Å². The average Bonchev–Trinajstić information content (AvgIpc) is 2.45. The maximum atomic E-state index is 11.7. The molecule has 5 heteroatoms. The van der Waals surface area contributed by atoms with E-state index in [0.29, 0.717) is 13.1 Å². The van der Waals surface area contributed by atoms with Crippen LogP contribution in [0.1, 0.15) is 33.3 Å². The molecule has 1 aromatic heterocycles. The molecule has 2 aromatic rings. The molecule has 0 aliphatic heterocycles. The lowest BCUT2D eigenvalue weighted by molar-refractivity contribution is 0.0508. The van der Waals surface area contributed by atoms with Crippen molar-refractivity contribution in [1.29, 1.82) is 0 Å². The predicted molar refractivity (Wildman–Crippen MR) is 92.3 cm³/mol. The van der Waals surface area contributed by atoms with E-state index in [1.54, 1.807) is 6.20 Å². The van der Waals surface area contributed by atoms with Gasteiger partial charge in [-0.2, -0.15) is 0 Å². The van der Waals surface area contributed by atoms with Crippen molar-refractivity contribution < 1.29 is 9.53 Å². The minimum atomic E-state index is -0.480. The van der Waals surface area contributed by atoms with Crippen LogP contribution in [0.4, 0.5) is 4.79 Å². The summed E-state index contributed by atoms with van der Waals surface area (Å²) in [6.45, 7) is 8.85. The minimum Gasteiger partial charge on any atom is -0.444 e. The highest BCUT2D eigenvalue weighted by atomic mass is 16.6. The first-order valence-corrected chi connectivity index (χ1v) is 7.88. The van der Waals surface area contributed by atoms with Crippen molar-refractivity contribution in [3.05, 3.63) is 42.1 Å². The highest BCUT2D eigenvalue weighted by molar-refractivity contribution is 5.81. The van der Waals surface area contributed by atoms with Crippen LogP contribution in [0, 0.1) is 0 Å². The molecule has 2 rings (SSSR count). The highest BCUT2D eigenvalue weighted by Gasteiger charge is 2.17. The van der Waals surface area contributed by atoms with Crippen LogP contribution in [0.2, 0.25) is 0 Å². The van der Waals surface area contributed by atoms with E-state index in [9.17, 15) is 4.79 Å². The van der Waals surface area contributed by atoms with Gasteiger partial charge in [0, 0.05) is 30.7 Å². The Balaban J connectivity index is 1.83. The van der Waals surface area contributed by atoms with Gasteiger partial charge in [-0.3, -0.25) is 4.98 Å². The van der Waals surface area contributed by atoms with Gasteiger partial charge in [-0.25, -0.2) is 4.79 Å². The minimum absolute atomic E-state index is 0.0206. The number of carbonyl (C=O) groups is 1. The Morgan fingerprint density at radius 3 is 2.74 bits per heavy atom. The summed E-state index contributed by atoms with van der Waals surface area (Å²) in [4.78, 5) is 16.1. The molecule has 0 radical (unpaired) electrons. The molecule has 0 fully saturated rings. The average molecular weight is 315 g/mol. The Morgan fingerprint density at radius 1 is 1.26 bits per heavy atom. The monoisotopic (exact) mass is 315 g/mol. The molecule has 0 aliphatic carbocycles. The van der Waals surface area contributed by atoms with Crippen molar-refractivity contribution in [2.75, 3.05) is 6.54 Å². The van der Waals surface area contributed by atoms with Crippen LogP contribution in [0.3, 0.4) is 0 Å². The van der Waals surface area contributed by atoms with Crippen molar-refractivity contribution in [1.82, 2.24) is 15.6 Å². The summed E-state index contributed by atoms with van der Waals surface area (Å²) >= 11 is 0. The maximum Gasteiger partial charge on any atom is 0.407 e. The fourth-order valence-electron chi connectivity index (χ4n) is 2.29. The molecule has 1 unspecified atom stereocenters. The van der Waals surface area contributed by atoms with Gasteiger partial charge in [0.1, 0.15) is 5.60 Å². The second kappa shape index (κ2) is 7.42. The number of para-hydroxylation sites is 1. The molecule has 2 N–H and O–H groups in total. The summed E-state index contributed by atoms with van der Waals surface area (Å²) in [5.74, 6) is 0. The Labute approximate surface area is 137 Å². The molecule has 0 saturated heterocycles. The molecular weight excluding hydrogens is 290 g/mol. The van der Waals surface area contributed by atoms with Gasteiger partial charge >= 0.3 is 6.09 Å². The number of nitrogens with zero attached hydrogens (tertiary/aromatic N) is 1.